The minimum absolute atomic E-state index is 0.377. The Labute approximate surface area is 262 Å². The van der Waals surface area contributed by atoms with Crippen molar-refractivity contribution in [2.75, 3.05) is 9.80 Å². The van der Waals surface area contributed by atoms with Gasteiger partial charge in [0.2, 0.25) is 11.8 Å². The van der Waals surface area contributed by atoms with Crippen molar-refractivity contribution in [3.05, 3.63) is 130 Å². The number of fused-ring (bicyclic) bond motifs is 5. The maximum absolute atomic E-state index is 14.4. The molecule has 6 atom stereocenters. The van der Waals surface area contributed by atoms with Gasteiger partial charge in [-0.15, -0.1) is 0 Å². The van der Waals surface area contributed by atoms with E-state index in [0.29, 0.717) is 21.4 Å². The molecule has 8 rings (SSSR count). The van der Waals surface area contributed by atoms with Crippen LogP contribution in [-0.2, 0) is 19.2 Å². The van der Waals surface area contributed by atoms with Gasteiger partial charge in [0.1, 0.15) is 12.1 Å². The van der Waals surface area contributed by atoms with E-state index in [2.05, 4.69) is 0 Å². The third-order valence-corrected chi connectivity index (χ3v) is 9.61. The topological polar surface area (TPSA) is 81.2 Å². The van der Waals surface area contributed by atoms with Gasteiger partial charge in [0.25, 0.3) is 11.8 Å². The second-order valence-corrected chi connectivity index (χ2v) is 12.3. The largest absolute Gasteiger partial charge is 0.274 e. The molecule has 4 heterocycles. The van der Waals surface area contributed by atoms with Crippen molar-refractivity contribution in [3.8, 4) is 0 Å². The molecule has 4 aliphatic rings. The molecule has 4 fully saturated rings. The van der Waals surface area contributed by atoms with E-state index in [4.69, 9.17) is 23.2 Å². The van der Waals surface area contributed by atoms with Gasteiger partial charge in [-0.3, -0.25) is 19.2 Å². The zero-order valence-electron chi connectivity index (χ0n) is 23.0. The molecule has 4 aromatic carbocycles. The fourth-order valence-corrected chi connectivity index (χ4v) is 7.91. The van der Waals surface area contributed by atoms with Crippen LogP contribution in [0.2, 0.25) is 10.0 Å². The number of hydrogen-bond acceptors (Lipinski definition) is 6. The lowest BCUT2D eigenvalue weighted by Crippen LogP contribution is -2.50. The molecule has 4 saturated heterocycles. The Hall–Kier alpha value is -4.34. The number of carbonyl (C=O) groups is 4. The molecule has 0 unspecified atom stereocenters. The molecule has 0 spiro atoms. The molecule has 8 nitrogen and oxygen atoms in total. The van der Waals surface area contributed by atoms with Crippen LogP contribution in [0.5, 0.6) is 0 Å². The number of hydrazine groups is 1. The van der Waals surface area contributed by atoms with E-state index in [1.165, 1.54) is 9.80 Å². The zero-order valence-corrected chi connectivity index (χ0v) is 24.5. The van der Waals surface area contributed by atoms with Gasteiger partial charge in [-0.2, -0.15) is 0 Å². The van der Waals surface area contributed by atoms with Crippen LogP contribution in [0.15, 0.2) is 109 Å². The lowest BCUT2D eigenvalue weighted by atomic mass is 9.84. The second kappa shape index (κ2) is 10.1. The summed E-state index contributed by atoms with van der Waals surface area (Å²) in [6.45, 7) is 0. The van der Waals surface area contributed by atoms with Gasteiger partial charge in [-0.1, -0.05) is 96.0 Å². The summed E-state index contributed by atoms with van der Waals surface area (Å²) in [6.07, 6.45) is 0. The maximum Gasteiger partial charge on any atom is 0.253 e. The monoisotopic (exact) mass is 622 g/mol. The molecule has 0 aliphatic carbocycles. The Morgan fingerprint density at radius 2 is 0.818 bits per heavy atom. The van der Waals surface area contributed by atoms with Crippen molar-refractivity contribution in [2.24, 2.45) is 11.8 Å². The molecule has 4 amide bonds. The lowest BCUT2D eigenvalue weighted by Gasteiger charge is -2.35. The fourth-order valence-electron chi connectivity index (χ4n) is 7.54. The lowest BCUT2D eigenvalue weighted by molar-refractivity contribution is -0.136. The first-order chi connectivity index (χ1) is 21.4. The van der Waals surface area contributed by atoms with Crippen molar-refractivity contribution in [2.45, 2.75) is 24.2 Å². The average molecular weight is 623 g/mol. The smallest absolute Gasteiger partial charge is 0.253 e. The van der Waals surface area contributed by atoms with Crippen molar-refractivity contribution in [1.82, 2.24) is 10.0 Å². The number of rotatable bonds is 4. The summed E-state index contributed by atoms with van der Waals surface area (Å²) in [7, 11) is 0. The van der Waals surface area contributed by atoms with Crippen LogP contribution in [0.1, 0.15) is 23.2 Å². The highest BCUT2D eigenvalue weighted by molar-refractivity contribution is 6.32. The summed E-state index contributed by atoms with van der Waals surface area (Å²) < 4.78 is 0. The molecule has 4 aromatic rings. The normalized spacial score (nSPS) is 28.1. The number of amides is 4. The molecule has 4 aliphatic heterocycles. The molecule has 10 heteroatoms. The van der Waals surface area contributed by atoms with E-state index in [-0.39, 0.29) is 11.8 Å². The van der Waals surface area contributed by atoms with Crippen LogP contribution in [-0.4, -0.2) is 45.7 Å². The van der Waals surface area contributed by atoms with Crippen LogP contribution in [0, 0.1) is 11.8 Å². The predicted octanol–water partition coefficient (Wildman–Crippen LogP) is 5.44. The third kappa shape index (κ3) is 3.78. The number of halogens is 2. The average Bonchev–Trinajstić information content (AvgIpc) is 3.69. The molecule has 0 N–H and O–H groups in total. The Balaban J connectivity index is 1.33. The first-order valence-electron chi connectivity index (χ1n) is 14.3. The van der Waals surface area contributed by atoms with E-state index in [0.717, 1.165) is 11.1 Å². The van der Waals surface area contributed by atoms with Gasteiger partial charge in [-0.25, -0.2) is 19.8 Å². The van der Waals surface area contributed by atoms with Gasteiger partial charge >= 0.3 is 0 Å². The van der Waals surface area contributed by atoms with Crippen molar-refractivity contribution in [3.63, 3.8) is 0 Å². The molecule has 44 heavy (non-hydrogen) atoms. The second-order valence-electron chi connectivity index (χ2n) is 11.4. The van der Waals surface area contributed by atoms with E-state index < -0.39 is 47.8 Å². The highest BCUT2D eigenvalue weighted by atomic mass is 35.5. The number of imide groups is 2. The summed E-state index contributed by atoms with van der Waals surface area (Å²) in [5.74, 6) is -3.26. The number of anilines is 2. The van der Waals surface area contributed by atoms with Gasteiger partial charge in [-0.05, 0) is 47.5 Å². The first-order valence-corrected chi connectivity index (χ1v) is 15.1. The fraction of sp³-hybridized carbons (Fsp3) is 0.176. The molecule has 0 bridgehead atoms. The van der Waals surface area contributed by atoms with Gasteiger partial charge in [0.15, 0.2) is 0 Å². The molecular formula is C34H24Cl2N4O4. The third-order valence-electron chi connectivity index (χ3n) is 9.14. The number of carbonyl (C=O) groups excluding carboxylic acids is 4. The maximum atomic E-state index is 14.4. The van der Waals surface area contributed by atoms with E-state index in [1.54, 1.807) is 48.5 Å². The molecule has 0 saturated carbocycles. The van der Waals surface area contributed by atoms with E-state index in [1.807, 2.05) is 70.7 Å². The Kier molecular flexibility index (Phi) is 6.25. The van der Waals surface area contributed by atoms with Crippen LogP contribution in [0.4, 0.5) is 11.4 Å². The van der Waals surface area contributed by atoms with Gasteiger partial charge in [0, 0.05) is 10.0 Å². The van der Waals surface area contributed by atoms with Gasteiger partial charge in [0.05, 0.1) is 35.3 Å². The molecule has 0 aromatic heterocycles. The quantitative estimate of drug-likeness (QED) is 0.282. The van der Waals surface area contributed by atoms with Crippen LogP contribution in [0.25, 0.3) is 0 Å². The summed E-state index contributed by atoms with van der Waals surface area (Å²) in [4.78, 5) is 59.9. The van der Waals surface area contributed by atoms with Crippen LogP contribution in [0.3, 0.4) is 0 Å². The van der Waals surface area contributed by atoms with E-state index in [9.17, 15) is 19.2 Å². The summed E-state index contributed by atoms with van der Waals surface area (Å²) in [5.41, 5.74) is 2.31. The number of benzene rings is 4. The first kappa shape index (κ1) is 27.2. The van der Waals surface area contributed by atoms with Crippen molar-refractivity contribution >= 4 is 58.2 Å². The highest BCUT2D eigenvalue weighted by Gasteiger charge is 2.73. The standard InChI is InChI=1S/C34H24Cl2N4O4/c35-21-13-7-15-23(17-21)37-31(41)25-27(19-9-3-1-4-10-19)39-30-26(32(42)38(34(30)44)24-16-8-14-22(36)18-24)28(20-11-5-2-6-12-20)40(39)29(25)33(37)43/h1-18,25-30H/t25-,26-,27+,28+,29+,30+/m0/s1. The molecule has 218 valence electrons. The Morgan fingerprint density at radius 1 is 0.432 bits per heavy atom. The van der Waals surface area contributed by atoms with Crippen LogP contribution >= 0.6 is 23.2 Å². The molecule has 0 radical (unpaired) electrons. The number of hydrogen-bond donors (Lipinski definition) is 0. The van der Waals surface area contributed by atoms with Crippen molar-refractivity contribution < 1.29 is 19.2 Å². The summed E-state index contributed by atoms with van der Waals surface area (Å²) in [5, 5.41) is 4.50. The highest BCUT2D eigenvalue weighted by Crippen LogP contribution is 2.59. The van der Waals surface area contributed by atoms with E-state index >= 15 is 0 Å². The minimum atomic E-state index is -0.942. The Morgan fingerprint density at radius 3 is 1.18 bits per heavy atom. The Bertz CT molecular complexity index is 1720. The summed E-state index contributed by atoms with van der Waals surface area (Å²) >= 11 is 12.5. The SMILES string of the molecule is O=C1[C@H]2[C@@H](c3ccccc3)N3[C@H]4C(=O)N(c5cccc(Cl)c5)C(=O)[C@H]4[C@@H](c4ccccc4)N3[C@H]2C(=O)N1c1cccc(Cl)c1. The number of nitrogens with zero attached hydrogens (tertiary/aromatic N) is 4. The minimum Gasteiger partial charge on any atom is -0.274 e. The van der Waals surface area contributed by atoms with Crippen LogP contribution < -0.4 is 9.80 Å². The predicted molar refractivity (Wildman–Crippen MR) is 164 cm³/mol. The van der Waals surface area contributed by atoms with Crippen molar-refractivity contribution in [1.29, 1.82) is 0 Å². The zero-order chi connectivity index (χ0) is 30.3. The molecular weight excluding hydrogens is 599 g/mol. The summed E-state index contributed by atoms with van der Waals surface area (Å²) in [6, 6.07) is 28.9. The van der Waals surface area contributed by atoms with Gasteiger partial charge < -0.3 is 0 Å².